The van der Waals surface area contributed by atoms with Crippen LogP contribution in [0.3, 0.4) is 0 Å². The number of benzene rings is 1. The molecule has 0 bridgehead atoms. The maximum absolute atomic E-state index is 15.5. The number of fused-ring (bicyclic) bond motifs is 1. The summed E-state index contributed by atoms with van der Waals surface area (Å²) in [5.74, 6) is -2.44. The van der Waals surface area contributed by atoms with Crippen molar-refractivity contribution < 1.29 is 33.0 Å². The van der Waals surface area contributed by atoms with Crippen molar-refractivity contribution in [2.45, 2.75) is 97.8 Å². The molecule has 4 rings (SSSR count). The number of hydrogen-bond donors (Lipinski definition) is 3. The Balaban J connectivity index is 1.59. The number of carbonyl (C=O) groups excluding carboxylic acids is 4. The SMILES string of the molecule is CCc1nn(-c2cc(F)c(C(N)=O)c(NC3CCCC3OC(=O)CNC(=O)OC(C)(C)C)c2)c2c1C(=O)CC(C)(C)C2. The summed E-state index contributed by atoms with van der Waals surface area (Å²) >= 11 is 0. The van der Waals surface area contributed by atoms with Crippen LogP contribution < -0.4 is 16.4 Å². The second-order valence-corrected chi connectivity index (χ2v) is 12.8. The number of anilines is 1. The minimum atomic E-state index is -0.956. The quantitative estimate of drug-likeness (QED) is 0.389. The Labute approximate surface area is 244 Å². The molecule has 2 aliphatic rings. The van der Waals surface area contributed by atoms with E-state index in [1.807, 2.05) is 20.8 Å². The number of halogens is 1. The van der Waals surface area contributed by atoms with Crippen LogP contribution in [-0.4, -0.2) is 57.8 Å². The molecule has 0 spiro atoms. The highest BCUT2D eigenvalue weighted by Gasteiger charge is 2.37. The Morgan fingerprint density at radius 1 is 1.19 bits per heavy atom. The highest BCUT2D eigenvalue weighted by Crippen LogP contribution is 2.38. The molecule has 2 aliphatic carbocycles. The molecule has 1 saturated carbocycles. The summed E-state index contributed by atoms with van der Waals surface area (Å²) in [5, 5.41) is 10.2. The monoisotopic (exact) mass is 585 g/mol. The zero-order valence-corrected chi connectivity index (χ0v) is 25.1. The fraction of sp³-hybridized carbons (Fsp3) is 0.567. The van der Waals surface area contributed by atoms with E-state index in [4.69, 9.17) is 15.2 Å². The first-order valence-corrected chi connectivity index (χ1v) is 14.3. The van der Waals surface area contributed by atoms with Crippen molar-refractivity contribution in [1.29, 1.82) is 0 Å². The summed E-state index contributed by atoms with van der Waals surface area (Å²) in [7, 11) is 0. The van der Waals surface area contributed by atoms with Crippen molar-refractivity contribution in [2.75, 3.05) is 11.9 Å². The van der Waals surface area contributed by atoms with E-state index in [0.29, 0.717) is 61.2 Å². The first-order chi connectivity index (χ1) is 19.6. The van der Waals surface area contributed by atoms with Gasteiger partial charge in [0.2, 0.25) is 0 Å². The summed E-state index contributed by atoms with van der Waals surface area (Å²) in [5.41, 5.74) is 6.65. The molecule has 0 radical (unpaired) electrons. The van der Waals surface area contributed by atoms with Crippen molar-refractivity contribution in [3.05, 3.63) is 40.5 Å². The molecular weight excluding hydrogens is 545 g/mol. The van der Waals surface area contributed by atoms with Crippen LogP contribution in [0.25, 0.3) is 5.69 Å². The van der Waals surface area contributed by atoms with E-state index >= 15 is 4.39 Å². The fourth-order valence-corrected chi connectivity index (χ4v) is 5.67. The predicted octanol–water partition coefficient (Wildman–Crippen LogP) is 4.23. The smallest absolute Gasteiger partial charge is 0.408 e. The van der Waals surface area contributed by atoms with Gasteiger partial charge in [-0.15, -0.1) is 0 Å². The lowest BCUT2D eigenvalue weighted by Crippen LogP contribution is -2.39. The summed E-state index contributed by atoms with van der Waals surface area (Å²) in [6.07, 6.45) is 2.01. The van der Waals surface area contributed by atoms with Gasteiger partial charge in [0.25, 0.3) is 5.91 Å². The van der Waals surface area contributed by atoms with Crippen LogP contribution >= 0.6 is 0 Å². The number of primary amides is 1. The normalized spacial score (nSPS) is 19.6. The number of nitrogens with one attached hydrogen (secondary N) is 2. The minimum Gasteiger partial charge on any atom is -0.459 e. The number of rotatable bonds is 8. The van der Waals surface area contributed by atoms with Crippen molar-refractivity contribution >= 4 is 29.4 Å². The van der Waals surface area contributed by atoms with Crippen molar-refractivity contribution in [3.63, 3.8) is 0 Å². The highest BCUT2D eigenvalue weighted by molar-refractivity contribution is 6.00. The summed E-state index contributed by atoms with van der Waals surface area (Å²) < 4.78 is 27.8. The van der Waals surface area contributed by atoms with E-state index in [-0.39, 0.29) is 29.0 Å². The average molecular weight is 586 g/mol. The molecule has 2 atom stereocenters. The van der Waals surface area contributed by atoms with Gasteiger partial charge < -0.3 is 25.8 Å². The van der Waals surface area contributed by atoms with Gasteiger partial charge in [0.15, 0.2) is 5.78 Å². The van der Waals surface area contributed by atoms with E-state index in [9.17, 15) is 19.2 Å². The third-order valence-electron chi connectivity index (χ3n) is 7.37. The second-order valence-electron chi connectivity index (χ2n) is 12.8. The number of nitrogens with two attached hydrogens (primary N) is 1. The van der Waals surface area contributed by atoms with Crippen molar-refractivity contribution in [3.8, 4) is 5.69 Å². The number of ether oxygens (including phenoxy) is 2. The van der Waals surface area contributed by atoms with Gasteiger partial charge in [-0.3, -0.25) is 14.4 Å². The van der Waals surface area contributed by atoms with E-state index in [1.165, 1.54) is 6.07 Å². The van der Waals surface area contributed by atoms with Crippen LogP contribution in [-0.2, 0) is 27.1 Å². The Hall–Kier alpha value is -3.96. The van der Waals surface area contributed by atoms with Gasteiger partial charge >= 0.3 is 12.1 Å². The number of aromatic nitrogens is 2. The summed E-state index contributed by atoms with van der Waals surface area (Å²) in [6, 6.07) is 2.34. The van der Waals surface area contributed by atoms with Crippen LogP contribution in [0, 0.1) is 11.2 Å². The average Bonchev–Trinajstić information content (AvgIpc) is 3.44. The van der Waals surface area contributed by atoms with Gasteiger partial charge in [-0.1, -0.05) is 20.8 Å². The summed E-state index contributed by atoms with van der Waals surface area (Å²) in [6.45, 7) is 10.7. The highest BCUT2D eigenvalue weighted by atomic mass is 19.1. The molecule has 0 saturated heterocycles. The van der Waals surface area contributed by atoms with Crippen LogP contribution in [0.5, 0.6) is 0 Å². The Morgan fingerprint density at radius 3 is 2.55 bits per heavy atom. The molecule has 228 valence electrons. The van der Waals surface area contributed by atoms with Gasteiger partial charge in [-0.05, 0) is 64.4 Å². The number of ketones is 1. The molecule has 4 N–H and O–H groups in total. The van der Waals surface area contributed by atoms with Gasteiger partial charge in [0.05, 0.1) is 39.9 Å². The van der Waals surface area contributed by atoms with Crippen molar-refractivity contribution in [1.82, 2.24) is 15.1 Å². The third kappa shape index (κ3) is 6.91. The first-order valence-electron chi connectivity index (χ1n) is 14.3. The van der Waals surface area contributed by atoms with E-state index in [1.54, 1.807) is 31.5 Å². The molecule has 0 aliphatic heterocycles. The Kier molecular flexibility index (Phi) is 8.65. The van der Waals surface area contributed by atoms with E-state index in [0.717, 1.165) is 0 Å². The van der Waals surface area contributed by atoms with Gasteiger partial charge in [-0.25, -0.2) is 13.9 Å². The molecule has 12 heteroatoms. The standard InChI is InChI=1S/C30H40FN5O6/c1-7-18-26-21(13-30(5,6)14-22(26)37)36(35-18)16-11-17(31)25(27(32)39)20(12-16)34-19-9-8-10-23(19)41-24(38)15-33-28(40)42-29(2,3)4/h11-12,19,23,34H,7-10,13-15H2,1-6H3,(H2,32,39)(H,33,40). The van der Waals surface area contributed by atoms with Gasteiger partial charge in [0.1, 0.15) is 24.1 Å². The number of esters is 1. The number of Topliss-reactive ketones (excluding diaryl/α,β-unsaturated/α-hetero) is 1. The molecule has 1 aromatic carbocycles. The maximum atomic E-state index is 15.5. The lowest BCUT2D eigenvalue weighted by molar-refractivity contribution is -0.147. The van der Waals surface area contributed by atoms with Crippen LogP contribution in [0.1, 0.15) is 99.3 Å². The van der Waals surface area contributed by atoms with Crippen LogP contribution in [0.15, 0.2) is 12.1 Å². The number of carbonyl (C=O) groups is 4. The number of alkyl carbamates (subject to hydrolysis) is 1. The Morgan fingerprint density at radius 2 is 1.90 bits per heavy atom. The van der Waals surface area contributed by atoms with Crippen LogP contribution in [0.2, 0.25) is 0 Å². The lowest BCUT2D eigenvalue weighted by atomic mass is 9.75. The lowest BCUT2D eigenvalue weighted by Gasteiger charge is -2.29. The Bertz CT molecular complexity index is 1410. The molecule has 1 fully saturated rings. The first kappa shape index (κ1) is 31.0. The maximum Gasteiger partial charge on any atom is 0.408 e. The molecule has 2 amide bonds. The minimum absolute atomic E-state index is 0.00805. The zero-order chi connectivity index (χ0) is 31.0. The number of hydrogen-bond acceptors (Lipinski definition) is 8. The van der Waals surface area contributed by atoms with Crippen LogP contribution in [0.4, 0.5) is 14.9 Å². The molecule has 11 nitrogen and oxygen atoms in total. The van der Waals surface area contributed by atoms with Gasteiger partial charge in [-0.2, -0.15) is 5.10 Å². The topological polar surface area (TPSA) is 155 Å². The largest absolute Gasteiger partial charge is 0.459 e. The summed E-state index contributed by atoms with van der Waals surface area (Å²) in [4.78, 5) is 49.7. The van der Waals surface area contributed by atoms with Gasteiger partial charge in [0, 0.05) is 12.5 Å². The van der Waals surface area contributed by atoms with Crippen molar-refractivity contribution in [2.24, 2.45) is 11.1 Å². The number of nitrogens with zero attached hydrogens (tertiary/aromatic N) is 2. The third-order valence-corrected chi connectivity index (χ3v) is 7.37. The van der Waals surface area contributed by atoms with E-state index in [2.05, 4.69) is 15.7 Å². The van der Waals surface area contributed by atoms with E-state index < -0.39 is 41.5 Å². The molecule has 2 unspecified atom stereocenters. The number of amides is 2. The zero-order valence-electron chi connectivity index (χ0n) is 25.1. The molecular formula is C30H40FN5O6. The predicted molar refractivity (Wildman–Crippen MR) is 153 cm³/mol. The number of aryl methyl sites for hydroxylation is 1. The molecule has 1 aromatic heterocycles. The second kappa shape index (κ2) is 11.7. The fourth-order valence-electron chi connectivity index (χ4n) is 5.67. The molecule has 2 aromatic rings. The molecule has 42 heavy (non-hydrogen) atoms. The molecule has 1 heterocycles.